The Balaban J connectivity index is 1.67. The van der Waals surface area contributed by atoms with E-state index in [9.17, 15) is 4.79 Å². The number of carbonyl (C=O) groups excluding carboxylic acids is 1. The molecule has 1 N–H and O–H groups in total. The summed E-state index contributed by atoms with van der Waals surface area (Å²) in [6, 6.07) is 5.70. The number of hydrogen-bond donors (Lipinski definition) is 1. The zero-order chi connectivity index (χ0) is 17.1. The Labute approximate surface area is 141 Å². The number of fused-ring (bicyclic) bond motifs is 1. The molecule has 1 amide bonds. The third-order valence-corrected chi connectivity index (χ3v) is 4.06. The smallest absolute Gasteiger partial charge is 0.233 e. The summed E-state index contributed by atoms with van der Waals surface area (Å²) >= 11 is 0. The fourth-order valence-electron chi connectivity index (χ4n) is 2.83. The molecule has 0 bridgehead atoms. The molecular weight excluding hydrogens is 306 g/mol. The first kappa shape index (κ1) is 16.4. The van der Waals surface area contributed by atoms with Crippen molar-refractivity contribution in [1.82, 2.24) is 9.55 Å². The molecule has 1 aliphatic heterocycles. The SMILES string of the molecule is COc1ccc2c(c1)OCC(C(=O)Nc1nccn1CC(C)C)C2. The molecule has 1 atom stereocenters. The van der Waals surface area contributed by atoms with Gasteiger partial charge in [-0.2, -0.15) is 0 Å². The van der Waals surface area contributed by atoms with Crippen molar-refractivity contribution >= 4 is 11.9 Å². The van der Waals surface area contributed by atoms with Crippen LogP contribution in [-0.4, -0.2) is 29.2 Å². The first-order valence-corrected chi connectivity index (χ1v) is 8.18. The normalized spacial score (nSPS) is 16.4. The molecule has 0 fully saturated rings. The minimum atomic E-state index is -0.227. The molecule has 0 aliphatic carbocycles. The number of nitrogens with zero attached hydrogens (tertiary/aromatic N) is 2. The molecule has 1 aromatic carbocycles. The van der Waals surface area contributed by atoms with Crippen molar-refractivity contribution in [2.75, 3.05) is 19.0 Å². The fraction of sp³-hybridized carbons (Fsp3) is 0.444. The number of ether oxygens (including phenoxy) is 2. The van der Waals surface area contributed by atoms with Crippen LogP contribution < -0.4 is 14.8 Å². The number of amides is 1. The summed E-state index contributed by atoms with van der Waals surface area (Å²) in [5, 5.41) is 2.93. The highest BCUT2D eigenvalue weighted by Gasteiger charge is 2.27. The van der Waals surface area contributed by atoms with Gasteiger partial charge in [0.2, 0.25) is 11.9 Å². The van der Waals surface area contributed by atoms with Gasteiger partial charge in [-0.3, -0.25) is 10.1 Å². The van der Waals surface area contributed by atoms with Gasteiger partial charge in [0.25, 0.3) is 0 Å². The van der Waals surface area contributed by atoms with Gasteiger partial charge in [0.1, 0.15) is 18.1 Å². The summed E-state index contributed by atoms with van der Waals surface area (Å²) in [5.74, 6) is 2.33. The number of benzene rings is 1. The molecule has 0 radical (unpaired) electrons. The van der Waals surface area contributed by atoms with E-state index < -0.39 is 0 Å². The third-order valence-electron chi connectivity index (χ3n) is 4.06. The molecule has 0 spiro atoms. The van der Waals surface area contributed by atoms with Gasteiger partial charge in [-0.1, -0.05) is 19.9 Å². The maximum atomic E-state index is 12.6. The van der Waals surface area contributed by atoms with Crippen molar-refractivity contribution in [2.24, 2.45) is 11.8 Å². The average molecular weight is 329 g/mol. The van der Waals surface area contributed by atoms with Crippen molar-refractivity contribution in [2.45, 2.75) is 26.8 Å². The predicted molar refractivity (Wildman–Crippen MR) is 91.4 cm³/mol. The molecule has 2 aromatic rings. The zero-order valence-corrected chi connectivity index (χ0v) is 14.3. The molecule has 1 unspecified atom stereocenters. The lowest BCUT2D eigenvalue weighted by atomic mass is 9.96. The summed E-state index contributed by atoms with van der Waals surface area (Å²) in [6.45, 7) is 5.44. The van der Waals surface area contributed by atoms with E-state index in [0.29, 0.717) is 24.9 Å². The van der Waals surface area contributed by atoms with E-state index in [1.807, 2.05) is 29.0 Å². The van der Waals surface area contributed by atoms with Gasteiger partial charge in [-0.15, -0.1) is 0 Å². The Morgan fingerprint density at radius 2 is 2.33 bits per heavy atom. The Hall–Kier alpha value is -2.50. The summed E-state index contributed by atoms with van der Waals surface area (Å²) in [5.41, 5.74) is 1.02. The molecule has 0 saturated carbocycles. The number of aromatic nitrogens is 2. The number of nitrogens with one attached hydrogen (secondary N) is 1. The van der Waals surface area contributed by atoms with Crippen LogP contribution in [0.3, 0.4) is 0 Å². The molecule has 128 valence electrons. The highest BCUT2D eigenvalue weighted by molar-refractivity contribution is 5.91. The molecule has 6 heteroatoms. The van der Waals surface area contributed by atoms with Gasteiger partial charge in [0.15, 0.2) is 0 Å². The van der Waals surface area contributed by atoms with Gasteiger partial charge >= 0.3 is 0 Å². The van der Waals surface area contributed by atoms with Crippen LogP contribution in [0.1, 0.15) is 19.4 Å². The highest BCUT2D eigenvalue weighted by atomic mass is 16.5. The minimum Gasteiger partial charge on any atom is -0.497 e. The average Bonchev–Trinajstić information content (AvgIpc) is 2.99. The van der Waals surface area contributed by atoms with Crippen LogP contribution in [0.15, 0.2) is 30.6 Å². The van der Waals surface area contributed by atoms with Gasteiger partial charge < -0.3 is 14.0 Å². The largest absolute Gasteiger partial charge is 0.497 e. The maximum absolute atomic E-state index is 12.6. The van der Waals surface area contributed by atoms with Crippen molar-refractivity contribution in [3.05, 3.63) is 36.2 Å². The zero-order valence-electron chi connectivity index (χ0n) is 14.3. The second-order valence-electron chi connectivity index (χ2n) is 6.47. The number of methoxy groups -OCH3 is 1. The molecule has 0 saturated heterocycles. The fourth-order valence-corrected chi connectivity index (χ4v) is 2.83. The van der Waals surface area contributed by atoms with Gasteiger partial charge in [-0.25, -0.2) is 4.98 Å². The van der Waals surface area contributed by atoms with Crippen molar-refractivity contribution in [3.63, 3.8) is 0 Å². The van der Waals surface area contributed by atoms with Crippen LogP contribution in [0, 0.1) is 11.8 Å². The van der Waals surface area contributed by atoms with Gasteiger partial charge in [0, 0.05) is 25.0 Å². The van der Waals surface area contributed by atoms with Gasteiger partial charge in [-0.05, 0) is 24.0 Å². The van der Waals surface area contributed by atoms with Crippen molar-refractivity contribution in [3.8, 4) is 11.5 Å². The van der Waals surface area contributed by atoms with Crippen LogP contribution in [-0.2, 0) is 17.8 Å². The Bertz CT molecular complexity index is 724. The van der Waals surface area contributed by atoms with Crippen LogP contribution in [0.4, 0.5) is 5.95 Å². The van der Waals surface area contributed by atoms with Crippen LogP contribution in [0.5, 0.6) is 11.5 Å². The van der Waals surface area contributed by atoms with Crippen LogP contribution >= 0.6 is 0 Å². The Morgan fingerprint density at radius 3 is 3.08 bits per heavy atom. The maximum Gasteiger partial charge on any atom is 0.233 e. The molecule has 1 aliphatic rings. The Kier molecular flexibility index (Phi) is 4.74. The highest BCUT2D eigenvalue weighted by Crippen LogP contribution is 2.31. The van der Waals surface area contributed by atoms with E-state index >= 15 is 0 Å². The first-order valence-electron chi connectivity index (χ1n) is 8.18. The van der Waals surface area contributed by atoms with E-state index in [1.165, 1.54) is 0 Å². The first-order chi connectivity index (χ1) is 11.6. The lowest BCUT2D eigenvalue weighted by Gasteiger charge is -2.25. The van der Waals surface area contributed by atoms with E-state index in [2.05, 4.69) is 24.1 Å². The molecular formula is C18H23N3O3. The summed E-state index contributed by atoms with van der Waals surface area (Å²) < 4.78 is 12.9. The third kappa shape index (κ3) is 3.53. The molecule has 1 aromatic heterocycles. The quantitative estimate of drug-likeness (QED) is 0.916. The number of hydrogen-bond acceptors (Lipinski definition) is 4. The molecule has 3 rings (SSSR count). The standard InChI is InChI=1S/C18H23N3O3/c1-12(2)10-21-7-6-19-18(21)20-17(22)14-8-13-4-5-15(23-3)9-16(13)24-11-14/h4-7,9,12,14H,8,10-11H2,1-3H3,(H,19,20,22). The molecule has 2 heterocycles. The second-order valence-corrected chi connectivity index (χ2v) is 6.47. The Morgan fingerprint density at radius 1 is 1.50 bits per heavy atom. The number of carbonyl (C=O) groups is 1. The summed E-state index contributed by atoms with van der Waals surface area (Å²) in [6.07, 6.45) is 4.24. The topological polar surface area (TPSA) is 65.4 Å². The monoisotopic (exact) mass is 329 g/mol. The number of rotatable bonds is 5. The van der Waals surface area contributed by atoms with E-state index in [-0.39, 0.29) is 11.8 Å². The van der Waals surface area contributed by atoms with E-state index in [0.717, 1.165) is 23.6 Å². The van der Waals surface area contributed by atoms with Crippen LogP contribution in [0.2, 0.25) is 0 Å². The van der Waals surface area contributed by atoms with E-state index in [4.69, 9.17) is 9.47 Å². The summed E-state index contributed by atoms with van der Waals surface area (Å²) in [4.78, 5) is 16.8. The van der Waals surface area contributed by atoms with Gasteiger partial charge in [0.05, 0.1) is 13.0 Å². The lowest BCUT2D eigenvalue weighted by Crippen LogP contribution is -2.33. The predicted octanol–water partition coefficient (Wildman–Crippen LogP) is 2.74. The lowest BCUT2D eigenvalue weighted by molar-refractivity contribution is -0.121. The number of imidazole rings is 1. The van der Waals surface area contributed by atoms with E-state index in [1.54, 1.807) is 13.3 Å². The summed E-state index contributed by atoms with van der Waals surface area (Å²) in [7, 11) is 1.63. The minimum absolute atomic E-state index is 0.0623. The van der Waals surface area contributed by atoms with Crippen molar-refractivity contribution in [1.29, 1.82) is 0 Å². The molecule has 24 heavy (non-hydrogen) atoms. The second kappa shape index (κ2) is 6.95. The van der Waals surface area contributed by atoms with Crippen LogP contribution in [0.25, 0.3) is 0 Å². The molecule has 6 nitrogen and oxygen atoms in total. The number of anilines is 1. The van der Waals surface area contributed by atoms with Crippen molar-refractivity contribution < 1.29 is 14.3 Å².